The second-order valence-corrected chi connectivity index (χ2v) is 14.7. The third kappa shape index (κ3) is 5.89. The number of nitrogens with one attached hydrogen (secondary N) is 1. The van der Waals surface area contributed by atoms with Gasteiger partial charge in [0, 0.05) is 21.5 Å². The molecule has 0 aliphatic carbocycles. The van der Waals surface area contributed by atoms with E-state index in [1.54, 1.807) is 24.3 Å². The average Bonchev–Trinajstić information content (AvgIpc) is 3.43. The molecule has 4 aromatic rings. The van der Waals surface area contributed by atoms with E-state index in [1.165, 1.54) is 10.6 Å². The van der Waals surface area contributed by atoms with Gasteiger partial charge in [-0.2, -0.15) is 13.2 Å². The van der Waals surface area contributed by atoms with Gasteiger partial charge in [0.2, 0.25) is 17.7 Å². The first-order chi connectivity index (χ1) is 21.6. The maximum Gasteiger partial charge on any atom is 0.416 e. The van der Waals surface area contributed by atoms with Gasteiger partial charge in [-0.05, 0) is 59.0 Å². The molecule has 1 fully saturated rings. The Morgan fingerprint density at radius 2 is 1.59 bits per heavy atom. The Balaban J connectivity index is 1.42. The van der Waals surface area contributed by atoms with Crippen molar-refractivity contribution >= 4 is 63.8 Å². The maximum absolute atomic E-state index is 14.1. The van der Waals surface area contributed by atoms with Crippen molar-refractivity contribution in [1.82, 2.24) is 4.57 Å². The number of carbonyl (C=O) groups excluding carboxylic acids is 3. The minimum Gasteiger partial charge on any atom is -0.325 e. The van der Waals surface area contributed by atoms with Crippen LogP contribution in [0.5, 0.6) is 0 Å². The number of rotatable bonds is 5. The van der Waals surface area contributed by atoms with Gasteiger partial charge in [0.05, 0.1) is 22.2 Å². The molecular weight excluding hydrogens is 659 g/mol. The van der Waals surface area contributed by atoms with Crippen molar-refractivity contribution in [2.45, 2.75) is 55.1 Å². The molecule has 3 aromatic carbocycles. The van der Waals surface area contributed by atoms with Crippen LogP contribution in [-0.4, -0.2) is 27.5 Å². The summed E-state index contributed by atoms with van der Waals surface area (Å²) in [4.78, 5) is 55.3. The topological polar surface area (TPSA) is 88.5 Å². The van der Waals surface area contributed by atoms with Crippen LogP contribution in [0.25, 0.3) is 0 Å². The summed E-state index contributed by atoms with van der Waals surface area (Å²) in [5.41, 5.74) is 0.855. The fourth-order valence-corrected chi connectivity index (χ4v) is 8.66. The van der Waals surface area contributed by atoms with Gasteiger partial charge >= 0.3 is 11.0 Å². The molecule has 2 aliphatic heterocycles. The molecule has 46 heavy (non-hydrogen) atoms. The van der Waals surface area contributed by atoms with Crippen LogP contribution in [0.1, 0.15) is 48.3 Å². The molecule has 1 aromatic heterocycles. The number of anilines is 2. The first-order valence-corrected chi connectivity index (χ1v) is 16.3. The van der Waals surface area contributed by atoms with Gasteiger partial charge in [-0.1, -0.05) is 85.8 Å². The average molecular weight is 686 g/mol. The molecule has 0 radical (unpaired) electrons. The summed E-state index contributed by atoms with van der Waals surface area (Å²) >= 11 is 7.82. The van der Waals surface area contributed by atoms with Crippen LogP contribution in [0.3, 0.4) is 0 Å². The van der Waals surface area contributed by atoms with Gasteiger partial charge in [0.15, 0.2) is 0 Å². The van der Waals surface area contributed by atoms with E-state index < -0.39 is 51.4 Å². The van der Waals surface area contributed by atoms with Crippen LogP contribution >= 0.6 is 34.7 Å². The summed E-state index contributed by atoms with van der Waals surface area (Å²) < 4.78 is 42.0. The Morgan fingerprint density at radius 3 is 2.22 bits per heavy atom. The Labute approximate surface area is 275 Å². The van der Waals surface area contributed by atoms with Gasteiger partial charge in [0.1, 0.15) is 11.8 Å². The molecule has 13 heteroatoms. The minimum atomic E-state index is -4.67. The van der Waals surface area contributed by atoms with Gasteiger partial charge in [0.25, 0.3) is 0 Å². The lowest BCUT2D eigenvalue weighted by atomic mass is 9.81. The Kier molecular flexibility index (Phi) is 8.19. The van der Waals surface area contributed by atoms with Gasteiger partial charge in [-0.25, -0.2) is 4.90 Å². The quantitative estimate of drug-likeness (QED) is 0.223. The molecule has 0 spiro atoms. The molecule has 0 saturated carbocycles. The van der Waals surface area contributed by atoms with Crippen molar-refractivity contribution in [3.63, 3.8) is 0 Å². The molecule has 1 N–H and O–H groups in total. The predicted octanol–water partition coefficient (Wildman–Crippen LogP) is 7.31. The van der Waals surface area contributed by atoms with Crippen molar-refractivity contribution < 1.29 is 27.6 Å². The molecule has 238 valence electrons. The van der Waals surface area contributed by atoms with E-state index in [2.05, 4.69) is 26.1 Å². The smallest absolute Gasteiger partial charge is 0.325 e. The van der Waals surface area contributed by atoms with Gasteiger partial charge in [-0.15, -0.1) is 0 Å². The van der Waals surface area contributed by atoms with Gasteiger partial charge < -0.3 is 5.32 Å². The number of nitrogens with zero attached hydrogens (tertiary/aromatic N) is 2. The van der Waals surface area contributed by atoms with Crippen molar-refractivity contribution in [2.24, 2.45) is 5.92 Å². The molecule has 3 atom stereocenters. The zero-order valence-corrected chi connectivity index (χ0v) is 27.1. The molecule has 6 rings (SSSR count). The number of benzene rings is 3. The van der Waals surface area contributed by atoms with E-state index in [-0.39, 0.29) is 17.6 Å². The Morgan fingerprint density at radius 1 is 0.913 bits per heavy atom. The summed E-state index contributed by atoms with van der Waals surface area (Å²) in [6.45, 7) is 5.81. The summed E-state index contributed by atoms with van der Waals surface area (Å²) in [6.07, 6.45) is -4.67. The van der Waals surface area contributed by atoms with Crippen LogP contribution in [0.2, 0.25) is 5.02 Å². The Hall–Kier alpha value is -3.87. The van der Waals surface area contributed by atoms with E-state index in [1.807, 2.05) is 24.3 Å². The van der Waals surface area contributed by atoms with E-state index >= 15 is 0 Å². The summed E-state index contributed by atoms with van der Waals surface area (Å²) in [5, 5.41) is 2.55. The summed E-state index contributed by atoms with van der Waals surface area (Å²) in [5.74, 6) is -3.56. The van der Waals surface area contributed by atoms with Crippen molar-refractivity contribution in [2.75, 3.05) is 10.2 Å². The largest absolute Gasteiger partial charge is 0.416 e. The normalized spacial score (nSPS) is 19.6. The fraction of sp³-hybridized carbons (Fsp3) is 0.273. The fourth-order valence-electron chi connectivity index (χ4n) is 5.76. The number of hydrogen-bond donors (Lipinski definition) is 1. The lowest BCUT2D eigenvalue weighted by Crippen LogP contribution is -2.33. The molecule has 0 unspecified atom stereocenters. The highest BCUT2D eigenvalue weighted by Crippen LogP contribution is 2.54. The number of halogens is 4. The number of imide groups is 1. The lowest BCUT2D eigenvalue weighted by Gasteiger charge is -2.31. The van der Waals surface area contributed by atoms with E-state index in [0.29, 0.717) is 26.2 Å². The number of alkyl halides is 3. The van der Waals surface area contributed by atoms with Crippen molar-refractivity contribution in [3.8, 4) is 0 Å². The maximum atomic E-state index is 14.1. The van der Waals surface area contributed by atoms with E-state index in [0.717, 1.165) is 51.8 Å². The van der Waals surface area contributed by atoms with Crippen molar-refractivity contribution in [1.29, 1.82) is 0 Å². The number of hydrogen-bond acceptors (Lipinski definition) is 6. The molecule has 1 saturated heterocycles. The molecule has 2 aliphatic rings. The zero-order chi connectivity index (χ0) is 33.1. The molecule has 3 heterocycles. The van der Waals surface area contributed by atoms with E-state index in [9.17, 15) is 32.3 Å². The number of thioether (sulfide) groups is 1. The third-order valence-electron chi connectivity index (χ3n) is 8.05. The van der Waals surface area contributed by atoms with Crippen LogP contribution in [0.4, 0.5) is 24.5 Å². The van der Waals surface area contributed by atoms with Crippen LogP contribution in [0, 0.1) is 5.92 Å². The standard InChI is InChI=1S/C33H27ClF3N3O4S2/c1-32(2,3)18-9-7-17(8-10-18)24-25-26(29(43)40(28(25)42)22-6-4-5-19(15-22)33(35,36)37)45-30-27(24)46-31(44)39(30)16-23(41)38-21-13-11-20(34)12-14-21/h4-15,24-26H,16H2,1-3H3,(H,38,41)/t24-,25-,26+/m0/s1. The van der Waals surface area contributed by atoms with Crippen molar-refractivity contribution in [3.05, 3.63) is 109 Å². The molecule has 7 nitrogen and oxygen atoms in total. The number of aromatic nitrogens is 1. The first kappa shape index (κ1) is 32.1. The second kappa shape index (κ2) is 11.7. The van der Waals surface area contributed by atoms with Gasteiger partial charge in [-0.3, -0.25) is 23.7 Å². The number of thiazole rings is 1. The molecule has 0 bridgehead atoms. The molecular formula is C33H27ClF3N3O4S2. The monoisotopic (exact) mass is 685 g/mol. The zero-order valence-electron chi connectivity index (χ0n) is 24.7. The number of carbonyl (C=O) groups is 3. The second-order valence-electron chi connectivity index (χ2n) is 12.2. The SMILES string of the molecule is CC(C)(C)c1ccc([C@@H]2c3sc(=O)n(CC(=O)Nc4ccc(Cl)cc4)c3S[C@H]3C(=O)N(c4cccc(C(F)(F)F)c4)C(=O)[C@@H]23)cc1. The highest BCUT2D eigenvalue weighted by Gasteiger charge is 2.57. The number of amides is 3. The third-order valence-corrected chi connectivity index (χ3v) is 10.9. The lowest BCUT2D eigenvalue weighted by molar-refractivity contribution is -0.137. The summed E-state index contributed by atoms with van der Waals surface area (Å²) in [6, 6.07) is 18.1. The number of fused-ring (bicyclic) bond motifs is 2. The first-order valence-electron chi connectivity index (χ1n) is 14.2. The highest BCUT2D eigenvalue weighted by molar-refractivity contribution is 8.00. The Bertz CT molecular complexity index is 1910. The predicted molar refractivity (Wildman–Crippen MR) is 173 cm³/mol. The van der Waals surface area contributed by atoms with Crippen LogP contribution in [-0.2, 0) is 32.5 Å². The summed E-state index contributed by atoms with van der Waals surface area (Å²) in [7, 11) is 0. The highest BCUT2D eigenvalue weighted by atomic mass is 35.5. The molecule has 3 amide bonds. The van der Waals surface area contributed by atoms with Crippen LogP contribution in [0.15, 0.2) is 82.6 Å². The minimum absolute atomic E-state index is 0.167. The van der Waals surface area contributed by atoms with Crippen LogP contribution < -0.4 is 15.1 Å². The van der Waals surface area contributed by atoms with E-state index in [4.69, 9.17) is 11.6 Å².